The number of nitrogens with zero attached hydrogens (tertiary/aromatic N) is 3. The lowest BCUT2D eigenvalue weighted by Gasteiger charge is -2.15. The quantitative estimate of drug-likeness (QED) is 0.262. The molecule has 3 aromatic rings. The van der Waals surface area contributed by atoms with Crippen LogP contribution in [-0.2, 0) is 11.5 Å². The van der Waals surface area contributed by atoms with Crippen molar-refractivity contribution in [1.82, 2.24) is 19.8 Å². The number of hydrogen-bond acceptors (Lipinski definition) is 5. The predicted molar refractivity (Wildman–Crippen MR) is 141 cm³/mol. The van der Waals surface area contributed by atoms with E-state index in [2.05, 4.69) is 35.3 Å². The number of anilines is 1. The number of fused-ring (bicyclic) bond motifs is 1. The average molecular weight is 520 g/mol. The lowest BCUT2D eigenvalue weighted by Crippen LogP contribution is -2.34. The Bertz CT molecular complexity index is 1190. The minimum Gasteiger partial charge on any atom is -0.450 e. The van der Waals surface area contributed by atoms with Crippen LogP contribution in [0.1, 0.15) is 5.56 Å². The fraction of sp³-hybridized carbons (Fsp3) is 0.440. The molecule has 0 radical (unpaired) electrons. The highest BCUT2D eigenvalue weighted by molar-refractivity contribution is 6.76. The molecule has 0 aliphatic heterocycles. The van der Waals surface area contributed by atoms with Gasteiger partial charge in [0.05, 0.1) is 5.39 Å². The summed E-state index contributed by atoms with van der Waals surface area (Å²) >= 11 is 0. The van der Waals surface area contributed by atoms with Gasteiger partial charge < -0.3 is 29.6 Å². The van der Waals surface area contributed by atoms with Crippen molar-refractivity contribution in [1.29, 1.82) is 0 Å². The van der Waals surface area contributed by atoms with Gasteiger partial charge in [0.15, 0.2) is 17.4 Å². The van der Waals surface area contributed by atoms with Crippen molar-refractivity contribution >= 4 is 30.8 Å². The minimum atomic E-state index is -1.20. The first-order valence-corrected chi connectivity index (χ1v) is 15.5. The Morgan fingerprint density at radius 2 is 1.89 bits per heavy atom. The fourth-order valence-corrected chi connectivity index (χ4v) is 4.27. The highest BCUT2D eigenvalue weighted by atomic mass is 28.3. The van der Waals surface area contributed by atoms with E-state index < -0.39 is 31.5 Å². The molecule has 2 aromatic heterocycles. The maximum absolute atomic E-state index is 14.8. The second-order valence-electron chi connectivity index (χ2n) is 10.2. The van der Waals surface area contributed by atoms with Gasteiger partial charge in [0.25, 0.3) is 0 Å². The van der Waals surface area contributed by atoms with Gasteiger partial charge in [0, 0.05) is 58.0 Å². The van der Waals surface area contributed by atoms with Gasteiger partial charge in [-0.15, -0.1) is 0 Å². The molecule has 0 saturated carbocycles. The van der Waals surface area contributed by atoms with Crippen LogP contribution in [0.2, 0.25) is 25.7 Å². The van der Waals surface area contributed by atoms with Crippen molar-refractivity contribution in [2.45, 2.75) is 39.3 Å². The molecule has 2 heterocycles. The van der Waals surface area contributed by atoms with Crippen molar-refractivity contribution in [2.24, 2.45) is 0 Å². The summed E-state index contributed by atoms with van der Waals surface area (Å²) in [4.78, 5) is 18.3. The number of nitrogens with one attached hydrogen (secondary N) is 2. The first kappa shape index (κ1) is 27.6. The van der Waals surface area contributed by atoms with E-state index in [0.29, 0.717) is 37.5 Å². The Morgan fingerprint density at radius 1 is 1.19 bits per heavy atom. The number of likely N-dealkylation sites (N-methyl/N-ethyl adjacent to an activating group) is 1. The number of carbonyl (C=O) groups is 1. The number of aromatic nitrogens is 2. The third-order valence-electron chi connectivity index (χ3n) is 5.45. The molecule has 2 amide bonds. The number of ether oxygens (including phenoxy) is 2. The van der Waals surface area contributed by atoms with Gasteiger partial charge in [-0.1, -0.05) is 19.6 Å². The zero-order chi connectivity index (χ0) is 26.5. The van der Waals surface area contributed by atoms with Crippen LogP contribution in [0.5, 0.6) is 11.5 Å². The number of benzene rings is 1. The van der Waals surface area contributed by atoms with E-state index in [1.54, 1.807) is 6.07 Å². The van der Waals surface area contributed by atoms with Crippen LogP contribution < -0.4 is 15.4 Å². The molecule has 11 heteroatoms. The number of hydrogen-bond donors (Lipinski definition) is 2. The standard InChI is InChI=1S/C25H35F2N5O3Si/c1-17-15-32(16-34-11-12-36(4,5)6)24-22(17)21(7-8-28-24)35-23-19(26)13-18(14-20(23)27)30-25(33)29-9-10-31(2)3/h7-8,13-15H,9-12,16H2,1-6H3,(H2,29,30,33). The summed E-state index contributed by atoms with van der Waals surface area (Å²) in [5, 5.41) is 5.71. The van der Waals surface area contributed by atoms with E-state index in [0.717, 1.165) is 23.7 Å². The predicted octanol–water partition coefficient (Wildman–Crippen LogP) is 5.41. The summed E-state index contributed by atoms with van der Waals surface area (Å²) in [6.45, 7) is 10.8. The largest absolute Gasteiger partial charge is 0.450 e. The Labute approximate surface area is 211 Å². The average Bonchev–Trinajstić information content (AvgIpc) is 3.09. The zero-order valence-electron chi connectivity index (χ0n) is 21.7. The second-order valence-corrected chi connectivity index (χ2v) is 15.8. The van der Waals surface area contributed by atoms with Gasteiger partial charge in [-0.3, -0.25) is 0 Å². The molecular weight excluding hydrogens is 484 g/mol. The lowest BCUT2D eigenvalue weighted by atomic mass is 10.2. The van der Waals surface area contributed by atoms with E-state index in [1.165, 1.54) is 6.20 Å². The van der Waals surface area contributed by atoms with E-state index in [9.17, 15) is 13.6 Å². The molecule has 0 atom stereocenters. The van der Waals surface area contributed by atoms with Gasteiger partial charge in [0.1, 0.15) is 18.1 Å². The van der Waals surface area contributed by atoms with Gasteiger partial charge in [-0.25, -0.2) is 18.6 Å². The van der Waals surface area contributed by atoms with E-state index in [1.807, 2.05) is 36.7 Å². The molecule has 1 aromatic carbocycles. The third-order valence-corrected chi connectivity index (χ3v) is 7.15. The minimum absolute atomic E-state index is 0.0163. The maximum Gasteiger partial charge on any atom is 0.319 e. The van der Waals surface area contributed by atoms with Crippen LogP contribution in [0.15, 0.2) is 30.6 Å². The summed E-state index contributed by atoms with van der Waals surface area (Å²) in [7, 11) is 2.55. The number of amides is 2. The summed E-state index contributed by atoms with van der Waals surface area (Å²) in [6.07, 6.45) is 3.41. The Hall–Kier alpha value is -3.02. The molecule has 8 nitrogen and oxygen atoms in total. The van der Waals surface area contributed by atoms with Crippen LogP contribution in [0.25, 0.3) is 11.0 Å². The van der Waals surface area contributed by atoms with Gasteiger partial charge in [-0.05, 0) is 38.7 Å². The van der Waals surface area contributed by atoms with E-state index in [4.69, 9.17) is 9.47 Å². The van der Waals surface area contributed by atoms with Crippen LogP contribution >= 0.6 is 0 Å². The first-order chi connectivity index (χ1) is 16.9. The summed E-state index contributed by atoms with van der Waals surface area (Å²) in [5.74, 6) is -2.15. The second kappa shape index (κ2) is 11.8. The van der Waals surface area contributed by atoms with Gasteiger partial charge in [-0.2, -0.15) is 0 Å². The number of aryl methyl sites for hydroxylation is 1. The molecule has 0 bridgehead atoms. The molecule has 36 heavy (non-hydrogen) atoms. The van der Waals surface area contributed by atoms with Crippen molar-refractivity contribution in [3.05, 3.63) is 47.8 Å². The van der Waals surface area contributed by atoms with Crippen molar-refractivity contribution in [3.63, 3.8) is 0 Å². The Kier molecular flexibility index (Phi) is 9.04. The molecule has 196 valence electrons. The molecule has 0 aliphatic carbocycles. The van der Waals surface area contributed by atoms with Crippen LogP contribution in [0, 0.1) is 18.6 Å². The normalized spacial score (nSPS) is 11.8. The van der Waals surface area contributed by atoms with Crippen LogP contribution in [-0.4, -0.2) is 62.3 Å². The zero-order valence-corrected chi connectivity index (χ0v) is 22.7. The SMILES string of the molecule is Cc1cn(COCC[Si](C)(C)C)c2nccc(Oc3c(F)cc(NC(=O)NCCN(C)C)cc3F)c12. The van der Waals surface area contributed by atoms with Crippen molar-refractivity contribution in [3.8, 4) is 11.5 Å². The molecule has 0 unspecified atom stereocenters. The highest BCUT2D eigenvalue weighted by Crippen LogP contribution is 2.35. The molecular formula is C25H35F2N5O3Si. The van der Waals surface area contributed by atoms with E-state index in [-0.39, 0.29) is 11.4 Å². The van der Waals surface area contributed by atoms with Crippen LogP contribution in [0.4, 0.5) is 19.3 Å². The van der Waals surface area contributed by atoms with Crippen LogP contribution in [0.3, 0.4) is 0 Å². The molecule has 0 saturated heterocycles. The van der Waals surface area contributed by atoms with Gasteiger partial charge >= 0.3 is 6.03 Å². The highest BCUT2D eigenvalue weighted by Gasteiger charge is 2.19. The first-order valence-electron chi connectivity index (χ1n) is 11.8. The number of rotatable bonds is 11. The monoisotopic (exact) mass is 519 g/mol. The number of pyridine rings is 1. The third kappa shape index (κ3) is 7.49. The molecule has 2 N–H and O–H groups in total. The lowest BCUT2D eigenvalue weighted by molar-refractivity contribution is 0.0898. The molecule has 0 spiro atoms. The number of urea groups is 1. The summed E-state index contributed by atoms with van der Waals surface area (Å²) in [5.41, 5.74) is 1.43. The fourth-order valence-electron chi connectivity index (χ4n) is 3.51. The van der Waals surface area contributed by atoms with Crippen molar-refractivity contribution in [2.75, 3.05) is 39.1 Å². The maximum atomic E-state index is 14.8. The van der Waals surface area contributed by atoms with Crippen molar-refractivity contribution < 1.29 is 23.0 Å². The Balaban J connectivity index is 1.74. The molecule has 0 fully saturated rings. The molecule has 0 aliphatic rings. The number of carbonyl (C=O) groups excluding carboxylic acids is 1. The number of halogens is 2. The smallest absolute Gasteiger partial charge is 0.319 e. The Morgan fingerprint density at radius 3 is 2.53 bits per heavy atom. The van der Waals surface area contributed by atoms with E-state index >= 15 is 0 Å². The van der Waals surface area contributed by atoms with Gasteiger partial charge in [0.2, 0.25) is 0 Å². The molecule has 3 rings (SSSR count). The summed E-state index contributed by atoms with van der Waals surface area (Å²) in [6, 6.07) is 4.10. The topological polar surface area (TPSA) is 80.6 Å². The summed E-state index contributed by atoms with van der Waals surface area (Å²) < 4.78 is 43.1.